The van der Waals surface area contributed by atoms with Crippen molar-refractivity contribution in [3.8, 4) is 45.8 Å². The summed E-state index contributed by atoms with van der Waals surface area (Å²) in [4.78, 5) is 66.9. The molecule has 0 aliphatic rings. The zero-order chi connectivity index (χ0) is 85.0. The van der Waals surface area contributed by atoms with E-state index in [4.69, 9.17) is 17.7 Å². The maximum Gasteiger partial charge on any atom is 0.226 e. The van der Waals surface area contributed by atoms with Crippen LogP contribution in [0.25, 0.3) is 45.8 Å². The van der Waals surface area contributed by atoms with E-state index in [9.17, 15) is 19.2 Å². The number of aryl methyl sites for hydroxylation is 12. The summed E-state index contributed by atoms with van der Waals surface area (Å²) < 4.78 is 23.2. The molecule has 0 fully saturated rings. The van der Waals surface area contributed by atoms with Gasteiger partial charge in [-0.2, -0.15) is 0 Å². The molecular weight excluding hydrogens is 1530 g/mol. The van der Waals surface area contributed by atoms with Gasteiger partial charge in [-0.3, -0.25) is 19.2 Å². The lowest BCUT2D eigenvalue weighted by Crippen LogP contribution is -2.02. The number of oxazole rings is 4. The highest BCUT2D eigenvalue weighted by Gasteiger charge is 2.18. The lowest BCUT2D eigenvalue weighted by molar-refractivity contribution is -0.117. The average Bonchev–Trinajstić information content (AvgIpc) is 1.72. The second-order valence-electron chi connectivity index (χ2n) is 27.2. The van der Waals surface area contributed by atoms with Gasteiger partial charge in [-0.05, 0) is 183 Å². The molecule has 0 spiro atoms. The minimum Gasteiger partial charge on any atom is -0.441 e. The molecule has 0 unspecified atom stereocenters. The Balaban J connectivity index is 0.000000270. The molecule has 622 valence electrons. The summed E-state index contributed by atoms with van der Waals surface area (Å²) >= 11 is 6.46. The van der Waals surface area contributed by atoms with E-state index in [2.05, 4.69) is 157 Å². The molecule has 0 atom stereocenters. The van der Waals surface area contributed by atoms with Crippen LogP contribution in [0.4, 0.5) is 0 Å². The van der Waals surface area contributed by atoms with Gasteiger partial charge in [0.25, 0.3) is 0 Å². The number of rotatable bonds is 37. The topological polar surface area (TPSA) is 172 Å². The first-order valence-corrected chi connectivity index (χ1v) is 46.3. The molecule has 12 aromatic rings. The quantitative estimate of drug-likeness (QED) is 0.0360. The summed E-state index contributed by atoms with van der Waals surface area (Å²) in [6.45, 7) is 32.1. The van der Waals surface area contributed by atoms with Crippen LogP contribution in [-0.4, -0.2) is 66.1 Å². The highest BCUT2D eigenvalue weighted by atomic mass is 32.2. The largest absolute Gasteiger partial charge is 0.441 e. The van der Waals surface area contributed by atoms with Crippen LogP contribution in [0.2, 0.25) is 0 Å². The maximum absolute atomic E-state index is 12.1. The van der Waals surface area contributed by atoms with Crippen LogP contribution >= 0.6 is 47.0 Å². The van der Waals surface area contributed by atoms with Crippen LogP contribution in [0, 0.1) is 48.5 Å². The molecule has 12 nitrogen and oxygen atoms in total. The maximum atomic E-state index is 12.1. The lowest BCUT2D eigenvalue weighted by atomic mass is 10.1. The van der Waals surface area contributed by atoms with Crippen LogP contribution < -0.4 is 0 Å². The summed E-state index contributed by atoms with van der Waals surface area (Å²) in [6.07, 6.45) is 11.0. The van der Waals surface area contributed by atoms with Gasteiger partial charge in [-0.15, -0.1) is 47.0 Å². The number of hydrogen-bond donors (Lipinski definition) is 0. The Hall–Kier alpha value is -9.32. The number of carbonyl (C=O) groups is 4. The number of hydrogen-bond acceptors (Lipinski definition) is 16. The number of ketones is 4. The molecule has 4 aromatic heterocycles. The first-order chi connectivity index (χ1) is 57.0. The van der Waals surface area contributed by atoms with E-state index in [0.29, 0.717) is 118 Å². The number of Topliss-reactive ketones (excluding diaryl/α,β-unsaturated/α-hetero) is 4. The van der Waals surface area contributed by atoms with Gasteiger partial charge in [0.15, 0.2) is 0 Å². The molecule has 12 rings (SSSR count). The van der Waals surface area contributed by atoms with Gasteiger partial charge in [0.05, 0.1) is 45.8 Å². The molecular formula is C101H126N4O8S4. The Labute approximate surface area is 716 Å². The molecule has 0 radical (unpaired) electrons. The van der Waals surface area contributed by atoms with E-state index < -0.39 is 0 Å². The summed E-state index contributed by atoms with van der Waals surface area (Å²) in [7, 11) is 0. The predicted molar refractivity (Wildman–Crippen MR) is 498 cm³/mol. The molecule has 4 heterocycles. The smallest absolute Gasteiger partial charge is 0.226 e. The number of benzene rings is 8. The van der Waals surface area contributed by atoms with Gasteiger partial charge < -0.3 is 17.7 Å². The third kappa shape index (κ3) is 37.4. The molecule has 0 bridgehead atoms. The molecule has 0 aliphatic carbocycles. The van der Waals surface area contributed by atoms with Crippen LogP contribution in [-0.2, 0) is 74.3 Å². The third-order valence-electron chi connectivity index (χ3n) is 18.1. The molecule has 16 heteroatoms. The Bertz CT molecular complexity index is 4340. The van der Waals surface area contributed by atoms with Crippen molar-refractivity contribution in [2.24, 2.45) is 0 Å². The van der Waals surface area contributed by atoms with Gasteiger partial charge in [-0.25, -0.2) is 19.9 Å². The number of nitrogens with zero attached hydrogens (tertiary/aromatic N) is 4. The van der Waals surface area contributed by atoms with Crippen molar-refractivity contribution in [1.82, 2.24) is 19.9 Å². The fourth-order valence-corrected chi connectivity index (χ4v) is 15.3. The highest BCUT2D eigenvalue weighted by Crippen LogP contribution is 2.30. The summed E-state index contributed by atoms with van der Waals surface area (Å²) in [5.41, 5.74) is 17.7. The van der Waals surface area contributed by atoms with E-state index >= 15 is 0 Å². The molecule has 0 N–H and O–H groups in total. The Morgan fingerprint density at radius 1 is 0.265 bits per heavy atom. The number of aromatic nitrogens is 4. The van der Waals surface area contributed by atoms with Crippen molar-refractivity contribution >= 4 is 70.2 Å². The van der Waals surface area contributed by atoms with Crippen molar-refractivity contribution in [2.75, 3.05) is 23.0 Å². The van der Waals surface area contributed by atoms with Gasteiger partial charge in [0.2, 0.25) is 23.6 Å². The first kappa shape index (κ1) is 98.3. The van der Waals surface area contributed by atoms with E-state index in [-0.39, 0.29) is 0 Å². The fraction of sp³-hybridized carbons (Fsp3) is 0.366. The van der Waals surface area contributed by atoms with Crippen molar-refractivity contribution < 1.29 is 36.8 Å². The van der Waals surface area contributed by atoms with Gasteiger partial charge in [0.1, 0.15) is 46.2 Å². The zero-order valence-corrected chi connectivity index (χ0v) is 75.6. The standard InChI is InChI=1S/C24H27NO2S.3C23H25NO2S.4C2H6/c1-3-19-12-14-21(15-13-19)24-25-23(18(2)27-24)17-28-16-22(26)11-7-10-20-8-5-4-6-9-20;3*1-17-11-13-20(14-12-17)23-24-22(18(2)26-23)16-27-15-21(25)10-6-9-19-7-4-3-5-8-19;4*1-2/h4-6,8-9,12-15H,3,7,10-11,16-17H2,1-2H3;3*3-5,7-8,11-14H,6,9-10,15-16H2,1-2H3;4*1-2H3. The number of carbonyl (C=O) groups excluding carboxylic acids is 4. The zero-order valence-electron chi connectivity index (χ0n) is 72.3. The van der Waals surface area contributed by atoms with Crippen molar-refractivity contribution in [3.05, 3.63) is 309 Å². The van der Waals surface area contributed by atoms with Crippen LogP contribution in [0.5, 0.6) is 0 Å². The average molecular weight is 1650 g/mol. The summed E-state index contributed by atoms with van der Waals surface area (Å²) in [5.74, 6) is 12.1. The molecule has 0 aliphatic heterocycles. The summed E-state index contributed by atoms with van der Waals surface area (Å²) in [5, 5.41) is 0. The Morgan fingerprint density at radius 3 is 0.658 bits per heavy atom. The Morgan fingerprint density at radius 2 is 0.462 bits per heavy atom. The van der Waals surface area contributed by atoms with E-state index in [0.717, 1.165) is 126 Å². The summed E-state index contributed by atoms with van der Waals surface area (Å²) in [6, 6.07) is 74.0. The van der Waals surface area contributed by atoms with E-state index in [1.807, 2.05) is 192 Å². The molecule has 117 heavy (non-hydrogen) atoms. The van der Waals surface area contributed by atoms with Crippen LogP contribution in [0.15, 0.2) is 236 Å². The second kappa shape index (κ2) is 57.7. The fourth-order valence-electron chi connectivity index (χ4n) is 11.6. The second-order valence-corrected chi connectivity index (χ2v) is 31.2. The predicted octanol–water partition coefficient (Wildman–Crippen LogP) is 27.5. The molecule has 0 saturated carbocycles. The van der Waals surface area contributed by atoms with Crippen molar-refractivity contribution in [2.45, 2.75) is 217 Å². The van der Waals surface area contributed by atoms with Gasteiger partial charge in [0, 0.05) is 70.9 Å². The number of thioether (sulfide) groups is 4. The minimum atomic E-state index is 0.302. The third-order valence-corrected chi connectivity index (χ3v) is 22.2. The van der Waals surface area contributed by atoms with Crippen LogP contribution in [0.1, 0.15) is 204 Å². The normalized spacial score (nSPS) is 10.4. The van der Waals surface area contributed by atoms with Crippen molar-refractivity contribution in [1.29, 1.82) is 0 Å². The van der Waals surface area contributed by atoms with Crippen LogP contribution in [0.3, 0.4) is 0 Å². The lowest BCUT2D eigenvalue weighted by Gasteiger charge is -2.02. The van der Waals surface area contributed by atoms with Gasteiger partial charge in [-0.1, -0.05) is 249 Å². The molecule has 0 amide bonds. The van der Waals surface area contributed by atoms with E-state index in [1.54, 1.807) is 47.0 Å². The SMILES string of the molecule is CC.CC.CC.CC.CCc1ccc(-c2nc(CSCC(=O)CCCc3ccccc3)c(C)o2)cc1.Cc1ccc(-c2nc(CSCC(=O)CCCc3ccccc3)c(C)o2)cc1.Cc1ccc(-c2nc(CSCC(=O)CCCc3ccccc3)c(C)o2)cc1.Cc1ccc(-c2nc(CSCC(=O)CCCc3ccccc3)c(C)o2)cc1. The molecule has 8 aromatic carbocycles. The molecule has 0 saturated heterocycles. The Kier molecular flexibility index (Phi) is 48.5. The van der Waals surface area contributed by atoms with Crippen molar-refractivity contribution in [3.63, 3.8) is 0 Å². The highest BCUT2D eigenvalue weighted by molar-refractivity contribution is 7.99. The van der Waals surface area contributed by atoms with E-state index in [1.165, 1.54) is 44.5 Å². The van der Waals surface area contributed by atoms with Gasteiger partial charge >= 0.3 is 0 Å². The monoisotopic (exact) mass is 1650 g/mol. The first-order valence-electron chi connectivity index (χ1n) is 41.7. The minimum absolute atomic E-state index is 0.302.